The van der Waals surface area contributed by atoms with E-state index in [4.69, 9.17) is 0 Å². The van der Waals surface area contributed by atoms with Gasteiger partial charge in [0, 0.05) is 18.4 Å². The molecule has 0 spiro atoms. The maximum Gasteiger partial charge on any atom is 0.273 e. The third-order valence-corrected chi connectivity index (χ3v) is 3.97. The third-order valence-electron chi connectivity index (χ3n) is 3.24. The van der Waals surface area contributed by atoms with Gasteiger partial charge in [-0.2, -0.15) is 5.10 Å². The van der Waals surface area contributed by atoms with Gasteiger partial charge in [0.1, 0.15) is 0 Å². The molecule has 1 aliphatic carbocycles. The van der Waals surface area contributed by atoms with E-state index in [1.54, 1.807) is 23.0 Å². The van der Waals surface area contributed by atoms with E-state index in [-0.39, 0.29) is 5.91 Å². The second-order valence-corrected chi connectivity index (χ2v) is 5.30. The number of rotatable bonds is 2. The van der Waals surface area contributed by atoms with Crippen LogP contribution in [0.5, 0.6) is 0 Å². The van der Waals surface area contributed by atoms with Crippen molar-refractivity contribution in [2.45, 2.75) is 31.7 Å². The number of nitrogens with one attached hydrogen (secondary N) is 1. The number of amides is 1. The number of fused-ring (bicyclic) bond motifs is 1. The Morgan fingerprint density at radius 1 is 1.44 bits per heavy atom. The van der Waals surface area contributed by atoms with Crippen LogP contribution in [0, 0.1) is 0 Å². The molecular formula is C12H13BrN4O. The van der Waals surface area contributed by atoms with Crippen molar-refractivity contribution in [3.8, 4) is 0 Å². The molecule has 18 heavy (non-hydrogen) atoms. The SMILES string of the molecule is O=C(NC1CCCC1)c1nn2cccnc2c1Br. The first-order valence-corrected chi connectivity index (χ1v) is 6.85. The maximum atomic E-state index is 12.1. The summed E-state index contributed by atoms with van der Waals surface area (Å²) < 4.78 is 2.26. The minimum absolute atomic E-state index is 0.126. The molecule has 2 aromatic rings. The van der Waals surface area contributed by atoms with Gasteiger partial charge in [0.2, 0.25) is 0 Å². The third kappa shape index (κ3) is 2.01. The molecule has 2 aromatic heterocycles. The Bertz CT molecular complexity index is 589. The van der Waals surface area contributed by atoms with Crippen LogP contribution in [-0.2, 0) is 0 Å². The molecule has 0 atom stereocenters. The Kier molecular flexibility index (Phi) is 3.03. The van der Waals surface area contributed by atoms with Crippen molar-refractivity contribution in [3.05, 3.63) is 28.6 Å². The fraction of sp³-hybridized carbons (Fsp3) is 0.417. The number of nitrogens with zero attached hydrogens (tertiary/aromatic N) is 3. The van der Waals surface area contributed by atoms with Crippen molar-refractivity contribution in [1.82, 2.24) is 19.9 Å². The Labute approximate surface area is 113 Å². The number of aromatic nitrogens is 3. The normalized spacial score (nSPS) is 16.3. The summed E-state index contributed by atoms with van der Waals surface area (Å²) in [6.45, 7) is 0. The monoisotopic (exact) mass is 308 g/mol. The highest BCUT2D eigenvalue weighted by Gasteiger charge is 2.22. The maximum absolute atomic E-state index is 12.1. The predicted octanol–water partition coefficient (Wildman–Crippen LogP) is 2.16. The summed E-state index contributed by atoms with van der Waals surface area (Å²) in [7, 11) is 0. The number of carbonyl (C=O) groups excluding carboxylic acids is 1. The minimum Gasteiger partial charge on any atom is -0.348 e. The summed E-state index contributed by atoms with van der Waals surface area (Å²) in [5.41, 5.74) is 1.06. The van der Waals surface area contributed by atoms with E-state index in [0.717, 1.165) is 12.8 Å². The van der Waals surface area contributed by atoms with Gasteiger partial charge in [-0.3, -0.25) is 4.79 Å². The van der Waals surface area contributed by atoms with Gasteiger partial charge in [-0.1, -0.05) is 12.8 Å². The highest BCUT2D eigenvalue weighted by Crippen LogP contribution is 2.22. The number of halogens is 1. The van der Waals surface area contributed by atoms with Gasteiger partial charge in [0.25, 0.3) is 5.91 Å². The topological polar surface area (TPSA) is 59.3 Å². The van der Waals surface area contributed by atoms with E-state index in [9.17, 15) is 4.79 Å². The average Bonchev–Trinajstić information content (AvgIpc) is 2.98. The lowest BCUT2D eigenvalue weighted by Gasteiger charge is -2.10. The van der Waals surface area contributed by atoms with Crippen LogP contribution in [0.2, 0.25) is 0 Å². The van der Waals surface area contributed by atoms with Crippen LogP contribution in [0.15, 0.2) is 22.9 Å². The Morgan fingerprint density at radius 3 is 2.94 bits per heavy atom. The fourth-order valence-corrected chi connectivity index (χ4v) is 2.87. The van der Waals surface area contributed by atoms with Crippen LogP contribution in [0.1, 0.15) is 36.2 Å². The molecule has 1 N–H and O–H groups in total. The lowest BCUT2D eigenvalue weighted by Crippen LogP contribution is -2.33. The van der Waals surface area contributed by atoms with E-state index in [1.807, 2.05) is 0 Å². The zero-order valence-electron chi connectivity index (χ0n) is 9.77. The molecule has 2 heterocycles. The second kappa shape index (κ2) is 4.68. The van der Waals surface area contributed by atoms with Crippen LogP contribution in [0.4, 0.5) is 0 Å². The first-order chi connectivity index (χ1) is 8.75. The van der Waals surface area contributed by atoms with Gasteiger partial charge in [-0.05, 0) is 34.8 Å². The van der Waals surface area contributed by atoms with Gasteiger partial charge in [-0.15, -0.1) is 0 Å². The zero-order chi connectivity index (χ0) is 12.5. The van der Waals surface area contributed by atoms with Gasteiger partial charge < -0.3 is 5.32 Å². The highest BCUT2D eigenvalue weighted by atomic mass is 79.9. The van der Waals surface area contributed by atoms with E-state index in [2.05, 4.69) is 31.3 Å². The predicted molar refractivity (Wildman–Crippen MR) is 70.4 cm³/mol. The molecule has 1 saturated carbocycles. The van der Waals surface area contributed by atoms with E-state index in [0.29, 0.717) is 21.9 Å². The molecule has 0 saturated heterocycles. The van der Waals surface area contributed by atoms with Crippen LogP contribution >= 0.6 is 15.9 Å². The lowest BCUT2D eigenvalue weighted by molar-refractivity contribution is 0.0931. The summed E-state index contributed by atoms with van der Waals surface area (Å²) in [6, 6.07) is 2.08. The molecule has 1 aliphatic rings. The Balaban J connectivity index is 1.88. The van der Waals surface area contributed by atoms with Crippen molar-refractivity contribution in [3.63, 3.8) is 0 Å². The van der Waals surface area contributed by atoms with Gasteiger partial charge in [0.05, 0.1) is 4.47 Å². The molecule has 0 unspecified atom stereocenters. The largest absolute Gasteiger partial charge is 0.348 e. The van der Waals surface area contributed by atoms with Crippen molar-refractivity contribution in [2.24, 2.45) is 0 Å². The fourth-order valence-electron chi connectivity index (χ4n) is 2.33. The molecule has 0 radical (unpaired) electrons. The van der Waals surface area contributed by atoms with Gasteiger partial charge in [0.15, 0.2) is 11.3 Å². The van der Waals surface area contributed by atoms with Crippen LogP contribution < -0.4 is 5.32 Å². The Hall–Kier alpha value is -1.43. The molecule has 0 aromatic carbocycles. The zero-order valence-corrected chi connectivity index (χ0v) is 11.4. The Morgan fingerprint density at radius 2 is 2.22 bits per heavy atom. The molecule has 1 fully saturated rings. The van der Waals surface area contributed by atoms with Gasteiger partial charge >= 0.3 is 0 Å². The van der Waals surface area contributed by atoms with Crippen molar-refractivity contribution >= 4 is 27.5 Å². The number of hydrogen-bond acceptors (Lipinski definition) is 3. The molecule has 6 heteroatoms. The summed E-state index contributed by atoms with van der Waals surface area (Å²) in [6.07, 6.45) is 7.97. The molecule has 0 bridgehead atoms. The van der Waals surface area contributed by atoms with Crippen molar-refractivity contribution < 1.29 is 4.79 Å². The molecule has 3 rings (SSSR count). The number of carbonyl (C=O) groups is 1. The first-order valence-electron chi connectivity index (χ1n) is 6.05. The standard InChI is InChI=1S/C12H13BrN4O/c13-9-10(12(18)15-8-4-1-2-5-8)16-17-7-3-6-14-11(9)17/h3,6-8H,1-2,4-5H2,(H,15,18). The quantitative estimate of drug-likeness (QED) is 0.925. The molecule has 1 amide bonds. The highest BCUT2D eigenvalue weighted by molar-refractivity contribution is 9.10. The van der Waals surface area contributed by atoms with E-state index >= 15 is 0 Å². The second-order valence-electron chi connectivity index (χ2n) is 4.51. The van der Waals surface area contributed by atoms with Crippen LogP contribution in [-0.4, -0.2) is 26.5 Å². The lowest BCUT2D eigenvalue weighted by atomic mass is 10.2. The van der Waals surface area contributed by atoms with E-state index < -0.39 is 0 Å². The summed E-state index contributed by atoms with van der Waals surface area (Å²) in [5, 5.41) is 7.27. The van der Waals surface area contributed by atoms with Crippen LogP contribution in [0.3, 0.4) is 0 Å². The number of hydrogen-bond donors (Lipinski definition) is 1. The average molecular weight is 309 g/mol. The first kappa shape index (κ1) is 11.6. The molecule has 5 nitrogen and oxygen atoms in total. The smallest absolute Gasteiger partial charge is 0.273 e. The molecule has 0 aliphatic heterocycles. The van der Waals surface area contributed by atoms with Crippen molar-refractivity contribution in [2.75, 3.05) is 0 Å². The van der Waals surface area contributed by atoms with Crippen molar-refractivity contribution in [1.29, 1.82) is 0 Å². The molecule has 94 valence electrons. The van der Waals surface area contributed by atoms with Gasteiger partial charge in [-0.25, -0.2) is 9.50 Å². The van der Waals surface area contributed by atoms with Crippen LogP contribution in [0.25, 0.3) is 5.65 Å². The summed E-state index contributed by atoms with van der Waals surface area (Å²) in [5.74, 6) is -0.126. The van der Waals surface area contributed by atoms with E-state index in [1.165, 1.54) is 12.8 Å². The molecular weight excluding hydrogens is 296 g/mol. The summed E-state index contributed by atoms with van der Waals surface area (Å²) >= 11 is 3.40. The minimum atomic E-state index is -0.126. The summed E-state index contributed by atoms with van der Waals surface area (Å²) in [4.78, 5) is 16.3.